The molecule has 0 saturated heterocycles. The molecule has 1 aromatic heterocycles. The molecular weight excluding hydrogens is 234 g/mol. The van der Waals surface area contributed by atoms with Crippen molar-refractivity contribution in [1.82, 2.24) is 9.78 Å². The minimum atomic E-state index is 0.343. The normalized spacial score (nSPS) is 10.9. The fraction of sp³-hybridized carbons (Fsp3) is 0.667. The van der Waals surface area contributed by atoms with E-state index < -0.39 is 0 Å². The number of nitrogens with two attached hydrogens (primary N) is 1. The highest BCUT2D eigenvalue weighted by Crippen LogP contribution is 2.22. The molecule has 5 heteroatoms. The SMILES string of the molecule is CCC(CC)COc1c(C(N)=S)c(C)nn1C. The Hall–Kier alpha value is -1.10. The van der Waals surface area contributed by atoms with Gasteiger partial charge in [0.15, 0.2) is 0 Å². The van der Waals surface area contributed by atoms with Crippen molar-refractivity contribution >= 4 is 17.2 Å². The first-order valence-corrected chi connectivity index (χ1v) is 6.38. The summed E-state index contributed by atoms with van der Waals surface area (Å²) in [5, 5.41) is 4.29. The first kappa shape index (κ1) is 14.0. The Morgan fingerprint density at radius 3 is 2.53 bits per heavy atom. The lowest BCUT2D eigenvalue weighted by atomic mass is 10.1. The largest absolute Gasteiger partial charge is 0.477 e. The van der Waals surface area contributed by atoms with E-state index in [0.29, 0.717) is 23.4 Å². The van der Waals surface area contributed by atoms with Crippen LogP contribution in [0.15, 0.2) is 0 Å². The molecule has 96 valence electrons. The molecule has 0 aliphatic rings. The molecule has 1 rings (SSSR count). The summed E-state index contributed by atoms with van der Waals surface area (Å²) in [6.07, 6.45) is 2.21. The third-order valence-corrected chi connectivity index (χ3v) is 3.23. The average Bonchev–Trinajstić information content (AvgIpc) is 2.55. The van der Waals surface area contributed by atoms with Gasteiger partial charge in [-0.2, -0.15) is 5.10 Å². The highest BCUT2D eigenvalue weighted by molar-refractivity contribution is 7.80. The van der Waals surface area contributed by atoms with Gasteiger partial charge < -0.3 is 10.5 Å². The zero-order chi connectivity index (χ0) is 13.0. The predicted octanol–water partition coefficient (Wildman–Crippen LogP) is 2.18. The zero-order valence-electron chi connectivity index (χ0n) is 11.0. The summed E-state index contributed by atoms with van der Waals surface area (Å²) in [5.41, 5.74) is 7.28. The van der Waals surface area contributed by atoms with Gasteiger partial charge in [-0.1, -0.05) is 38.9 Å². The van der Waals surface area contributed by atoms with Crippen molar-refractivity contribution in [2.75, 3.05) is 6.61 Å². The van der Waals surface area contributed by atoms with Gasteiger partial charge >= 0.3 is 0 Å². The second-order valence-corrected chi connectivity index (χ2v) is 4.69. The van der Waals surface area contributed by atoms with E-state index in [1.165, 1.54) is 0 Å². The highest BCUT2D eigenvalue weighted by Gasteiger charge is 2.17. The van der Waals surface area contributed by atoms with E-state index in [9.17, 15) is 0 Å². The summed E-state index contributed by atoms with van der Waals surface area (Å²) in [4.78, 5) is 0.343. The van der Waals surface area contributed by atoms with E-state index in [4.69, 9.17) is 22.7 Å². The third-order valence-electron chi connectivity index (χ3n) is 3.03. The van der Waals surface area contributed by atoms with Crippen LogP contribution in [0.3, 0.4) is 0 Å². The number of rotatable bonds is 6. The minimum Gasteiger partial charge on any atom is -0.477 e. The van der Waals surface area contributed by atoms with Crippen molar-refractivity contribution in [3.05, 3.63) is 11.3 Å². The van der Waals surface area contributed by atoms with Crippen molar-refractivity contribution in [3.63, 3.8) is 0 Å². The average molecular weight is 255 g/mol. The fourth-order valence-electron chi connectivity index (χ4n) is 1.81. The van der Waals surface area contributed by atoms with E-state index >= 15 is 0 Å². The van der Waals surface area contributed by atoms with E-state index in [-0.39, 0.29) is 0 Å². The number of ether oxygens (including phenoxy) is 1. The Morgan fingerprint density at radius 1 is 1.47 bits per heavy atom. The van der Waals surface area contributed by atoms with Gasteiger partial charge in [0, 0.05) is 7.05 Å². The minimum absolute atomic E-state index is 0.343. The number of aryl methyl sites for hydroxylation is 2. The van der Waals surface area contributed by atoms with Crippen LogP contribution in [-0.2, 0) is 7.05 Å². The van der Waals surface area contributed by atoms with E-state index in [1.54, 1.807) is 4.68 Å². The lowest BCUT2D eigenvalue weighted by Crippen LogP contribution is -2.16. The van der Waals surface area contributed by atoms with Crippen molar-refractivity contribution < 1.29 is 4.74 Å². The molecule has 0 fully saturated rings. The molecular formula is C12H21N3OS. The summed E-state index contributed by atoms with van der Waals surface area (Å²) in [7, 11) is 1.84. The Bertz CT molecular complexity index is 397. The summed E-state index contributed by atoms with van der Waals surface area (Å²) in [6.45, 7) is 6.90. The van der Waals surface area contributed by atoms with E-state index in [1.807, 2.05) is 14.0 Å². The van der Waals surface area contributed by atoms with Gasteiger partial charge in [0.2, 0.25) is 5.88 Å². The molecule has 0 aromatic carbocycles. The Labute approximate surface area is 108 Å². The fourth-order valence-corrected chi connectivity index (χ4v) is 2.04. The van der Waals surface area contributed by atoms with Crippen LogP contribution in [-0.4, -0.2) is 21.4 Å². The van der Waals surface area contributed by atoms with E-state index in [2.05, 4.69) is 18.9 Å². The first-order chi connectivity index (χ1) is 8.01. The molecule has 0 aliphatic heterocycles. The second-order valence-electron chi connectivity index (χ2n) is 4.25. The third kappa shape index (κ3) is 3.19. The standard InChI is InChI=1S/C12H21N3OS/c1-5-9(6-2)7-16-12-10(11(13)17)8(3)14-15(12)4/h9H,5-7H2,1-4H3,(H2,13,17). The van der Waals surface area contributed by atoms with Crippen molar-refractivity contribution in [3.8, 4) is 5.88 Å². The Morgan fingerprint density at radius 2 is 2.06 bits per heavy atom. The molecule has 0 spiro atoms. The molecule has 17 heavy (non-hydrogen) atoms. The quantitative estimate of drug-likeness (QED) is 0.792. The van der Waals surface area contributed by atoms with Gasteiger partial charge in [-0.15, -0.1) is 0 Å². The molecule has 0 bridgehead atoms. The molecule has 2 N–H and O–H groups in total. The Kier molecular flexibility index (Phi) is 4.93. The number of nitrogens with zero attached hydrogens (tertiary/aromatic N) is 2. The maximum Gasteiger partial charge on any atom is 0.222 e. The topological polar surface area (TPSA) is 53.1 Å². The Balaban J connectivity index is 2.86. The van der Waals surface area contributed by atoms with Gasteiger partial charge in [-0.3, -0.25) is 0 Å². The maximum absolute atomic E-state index is 5.83. The summed E-state index contributed by atoms with van der Waals surface area (Å²) < 4.78 is 7.53. The lowest BCUT2D eigenvalue weighted by molar-refractivity contribution is 0.223. The summed E-state index contributed by atoms with van der Waals surface area (Å²) in [5.74, 6) is 1.24. The second kappa shape index (κ2) is 6.00. The van der Waals surface area contributed by atoms with Crippen LogP contribution in [0.1, 0.15) is 37.9 Å². The van der Waals surface area contributed by atoms with Crippen LogP contribution in [0.2, 0.25) is 0 Å². The van der Waals surface area contributed by atoms with Gasteiger partial charge in [0.25, 0.3) is 0 Å². The van der Waals surface area contributed by atoms with Crippen LogP contribution in [0, 0.1) is 12.8 Å². The maximum atomic E-state index is 5.83. The molecule has 4 nitrogen and oxygen atoms in total. The summed E-state index contributed by atoms with van der Waals surface area (Å²) in [6, 6.07) is 0. The molecule has 1 heterocycles. The van der Waals surface area contributed by atoms with Gasteiger partial charge in [-0.05, 0) is 12.8 Å². The van der Waals surface area contributed by atoms with E-state index in [0.717, 1.165) is 24.1 Å². The smallest absolute Gasteiger partial charge is 0.222 e. The molecule has 0 atom stereocenters. The monoisotopic (exact) mass is 255 g/mol. The highest BCUT2D eigenvalue weighted by atomic mass is 32.1. The molecule has 0 radical (unpaired) electrons. The number of hydrogen-bond acceptors (Lipinski definition) is 3. The van der Waals surface area contributed by atoms with Crippen molar-refractivity contribution in [2.24, 2.45) is 18.7 Å². The first-order valence-electron chi connectivity index (χ1n) is 5.97. The predicted molar refractivity (Wildman–Crippen MR) is 73.4 cm³/mol. The van der Waals surface area contributed by atoms with Crippen LogP contribution < -0.4 is 10.5 Å². The van der Waals surface area contributed by atoms with Crippen LogP contribution in [0.5, 0.6) is 5.88 Å². The molecule has 0 saturated carbocycles. The van der Waals surface area contributed by atoms with Crippen molar-refractivity contribution in [1.29, 1.82) is 0 Å². The van der Waals surface area contributed by atoms with Crippen LogP contribution in [0.4, 0.5) is 0 Å². The molecule has 0 aliphatic carbocycles. The van der Waals surface area contributed by atoms with Gasteiger partial charge in [0.05, 0.1) is 17.9 Å². The molecule has 0 unspecified atom stereocenters. The number of thiocarbonyl (C=S) groups is 1. The summed E-state index contributed by atoms with van der Waals surface area (Å²) >= 11 is 5.03. The number of hydrogen-bond donors (Lipinski definition) is 1. The van der Waals surface area contributed by atoms with Crippen molar-refractivity contribution in [2.45, 2.75) is 33.6 Å². The van der Waals surface area contributed by atoms with Gasteiger partial charge in [0.1, 0.15) is 4.99 Å². The number of aromatic nitrogens is 2. The lowest BCUT2D eigenvalue weighted by Gasteiger charge is -2.14. The zero-order valence-corrected chi connectivity index (χ0v) is 11.8. The van der Waals surface area contributed by atoms with Crippen LogP contribution in [0.25, 0.3) is 0 Å². The van der Waals surface area contributed by atoms with Gasteiger partial charge in [-0.25, -0.2) is 4.68 Å². The molecule has 0 amide bonds. The molecule has 1 aromatic rings. The van der Waals surface area contributed by atoms with Crippen LogP contribution >= 0.6 is 12.2 Å².